The fourth-order valence-corrected chi connectivity index (χ4v) is 3.68. The van der Waals surface area contributed by atoms with Crippen LogP contribution in [0.5, 0.6) is 0 Å². The van der Waals surface area contributed by atoms with Crippen LogP contribution in [0.2, 0.25) is 0 Å². The van der Waals surface area contributed by atoms with E-state index in [1.165, 1.54) is 0 Å². The summed E-state index contributed by atoms with van der Waals surface area (Å²) in [5.41, 5.74) is 3.15. The Bertz CT molecular complexity index is 1170. The van der Waals surface area contributed by atoms with E-state index < -0.39 is 0 Å². The van der Waals surface area contributed by atoms with Crippen LogP contribution in [0.3, 0.4) is 0 Å². The van der Waals surface area contributed by atoms with Gasteiger partial charge in [-0.25, -0.2) is 4.98 Å². The molecule has 0 saturated carbocycles. The van der Waals surface area contributed by atoms with Crippen molar-refractivity contribution in [3.63, 3.8) is 0 Å². The van der Waals surface area contributed by atoms with E-state index in [-0.39, 0.29) is 12.0 Å². The fraction of sp³-hybridized carbons (Fsp3) is 0.250. The number of anilines is 3. The Morgan fingerprint density at radius 3 is 2.42 bits per heavy atom. The second-order valence-electron chi connectivity index (χ2n) is 7.31. The number of hydrogen-bond donors (Lipinski definition) is 2. The summed E-state index contributed by atoms with van der Waals surface area (Å²) in [5.74, 6) is 2.26. The highest BCUT2D eigenvalue weighted by Gasteiger charge is 2.33. The minimum Gasteiger partial charge on any atom is -0.494 e. The van der Waals surface area contributed by atoms with Gasteiger partial charge in [0.15, 0.2) is 11.5 Å². The molecule has 0 spiro atoms. The predicted molar refractivity (Wildman–Crippen MR) is 125 cm³/mol. The zero-order valence-electron chi connectivity index (χ0n) is 18.9. The van der Waals surface area contributed by atoms with E-state index in [1.54, 1.807) is 46.0 Å². The molecule has 0 aliphatic heterocycles. The van der Waals surface area contributed by atoms with Crippen molar-refractivity contribution < 1.29 is 14.2 Å². The number of methoxy groups -OCH3 is 3. The summed E-state index contributed by atoms with van der Waals surface area (Å²) in [4.78, 5) is 17.9. The molecule has 0 saturated heterocycles. The molecule has 9 heteroatoms. The Balaban J connectivity index is 1.59. The monoisotopic (exact) mass is 446 g/mol. The summed E-state index contributed by atoms with van der Waals surface area (Å²) in [7, 11) is 4.85. The number of nitrogens with zero attached hydrogens (tertiary/aromatic N) is 4. The Morgan fingerprint density at radius 1 is 0.848 bits per heavy atom. The minimum atomic E-state index is -0.296. The van der Waals surface area contributed by atoms with Gasteiger partial charge in [-0.05, 0) is 30.3 Å². The average Bonchev–Trinajstić information content (AvgIpc) is 2.86. The molecule has 0 bridgehead atoms. The van der Waals surface area contributed by atoms with E-state index in [1.807, 2.05) is 43.3 Å². The molecule has 2 N–H and O–H groups in total. The van der Waals surface area contributed by atoms with Gasteiger partial charge in [0.1, 0.15) is 17.6 Å². The summed E-state index contributed by atoms with van der Waals surface area (Å²) < 4.78 is 16.7. The van der Waals surface area contributed by atoms with E-state index in [0.29, 0.717) is 23.3 Å². The number of ether oxygens (including phenoxy) is 3. The van der Waals surface area contributed by atoms with Crippen molar-refractivity contribution in [3.05, 3.63) is 78.3 Å². The van der Waals surface area contributed by atoms with Gasteiger partial charge in [-0.1, -0.05) is 13.0 Å². The maximum Gasteiger partial charge on any atom is 0.228 e. The van der Waals surface area contributed by atoms with Crippen molar-refractivity contribution in [1.82, 2.24) is 19.9 Å². The zero-order chi connectivity index (χ0) is 23.2. The van der Waals surface area contributed by atoms with Crippen LogP contribution >= 0.6 is 0 Å². The van der Waals surface area contributed by atoms with Gasteiger partial charge < -0.3 is 24.8 Å². The molecule has 2 unspecified atom stereocenters. The number of aromatic nitrogens is 4. The molecule has 2 atom stereocenters. The first-order valence-electron chi connectivity index (χ1n) is 10.4. The van der Waals surface area contributed by atoms with Crippen molar-refractivity contribution >= 4 is 17.5 Å². The second-order valence-corrected chi connectivity index (χ2v) is 7.31. The molecule has 0 radical (unpaired) electrons. The normalized spacial score (nSPS) is 17.9. The predicted octanol–water partition coefficient (Wildman–Crippen LogP) is 4.14. The Morgan fingerprint density at radius 2 is 1.70 bits per heavy atom. The first kappa shape index (κ1) is 22.2. The molecule has 170 valence electrons. The van der Waals surface area contributed by atoms with Crippen LogP contribution in [0.15, 0.2) is 78.3 Å². The van der Waals surface area contributed by atoms with Crippen LogP contribution in [0.1, 0.15) is 6.92 Å². The molecule has 1 aliphatic carbocycles. The van der Waals surface area contributed by atoms with Gasteiger partial charge in [-0.3, -0.25) is 9.97 Å². The molecule has 3 aromatic rings. The first-order valence-corrected chi connectivity index (χ1v) is 10.4. The van der Waals surface area contributed by atoms with Gasteiger partial charge in [0.2, 0.25) is 5.95 Å². The zero-order valence-corrected chi connectivity index (χ0v) is 18.9. The van der Waals surface area contributed by atoms with E-state index in [0.717, 1.165) is 22.8 Å². The van der Waals surface area contributed by atoms with Crippen LogP contribution in [-0.2, 0) is 14.2 Å². The van der Waals surface area contributed by atoms with Crippen molar-refractivity contribution in [2.24, 2.45) is 5.92 Å². The highest BCUT2D eigenvalue weighted by Crippen LogP contribution is 2.33. The molecule has 9 nitrogen and oxygen atoms in total. The molecule has 0 aromatic carbocycles. The fourth-order valence-electron chi connectivity index (χ4n) is 3.68. The number of nitrogens with one attached hydrogen (secondary N) is 2. The van der Waals surface area contributed by atoms with Crippen molar-refractivity contribution in [2.75, 3.05) is 32.0 Å². The quantitative estimate of drug-likeness (QED) is 0.528. The minimum absolute atomic E-state index is 0.0295. The summed E-state index contributed by atoms with van der Waals surface area (Å²) >= 11 is 0. The third kappa shape index (κ3) is 4.78. The van der Waals surface area contributed by atoms with Crippen molar-refractivity contribution in [3.8, 4) is 11.4 Å². The molecular weight excluding hydrogens is 420 g/mol. The van der Waals surface area contributed by atoms with Gasteiger partial charge in [0.05, 0.1) is 25.6 Å². The highest BCUT2D eigenvalue weighted by molar-refractivity contribution is 5.75. The molecular formula is C24H26N6O3. The van der Waals surface area contributed by atoms with E-state index >= 15 is 0 Å². The van der Waals surface area contributed by atoms with E-state index in [4.69, 9.17) is 14.2 Å². The summed E-state index contributed by atoms with van der Waals surface area (Å²) in [6.45, 7) is 2.04. The first-order chi connectivity index (χ1) is 16.1. The lowest BCUT2D eigenvalue weighted by Gasteiger charge is -2.31. The lowest BCUT2D eigenvalue weighted by Crippen LogP contribution is -2.32. The summed E-state index contributed by atoms with van der Waals surface area (Å²) in [6.07, 6.45) is 6.74. The second kappa shape index (κ2) is 10.1. The maximum atomic E-state index is 5.66. The molecule has 0 amide bonds. The van der Waals surface area contributed by atoms with Crippen molar-refractivity contribution in [1.29, 1.82) is 0 Å². The molecule has 1 aliphatic rings. The average molecular weight is 447 g/mol. The Kier molecular flexibility index (Phi) is 6.80. The Labute approximate surface area is 192 Å². The van der Waals surface area contributed by atoms with E-state index in [9.17, 15) is 0 Å². The van der Waals surface area contributed by atoms with Gasteiger partial charge in [0, 0.05) is 43.4 Å². The van der Waals surface area contributed by atoms with Gasteiger partial charge in [-0.2, -0.15) is 4.98 Å². The van der Waals surface area contributed by atoms with Crippen LogP contribution in [-0.4, -0.2) is 47.4 Å². The summed E-state index contributed by atoms with van der Waals surface area (Å²) in [5, 5.41) is 6.62. The number of hydrogen-bond acceptors (Lipinski definition) is 9. The third-order valence-electron chi connectivity index (χ3n) is 5.32. The van der Waals surface area contributed by atoms with Crippen LogP contribution in [0.4, 0.5) is 17.5 Å². The molecule has 3 aromatic heterocycles. The van der Waals surface area contributed by atoms with Crippen LogP contribution in [0.25, 0.3) is 11.4 Å². The van der Waals surface area contributed by atoms with Gasteiger partial charge >= 0.3 is 0 Å². The molecule has 0 fully saturated rings. The summed E-state index contributed by atoms with van der Waals surface area (Å²) in [6, 6.07) is 11.3. The maximum absolute atomic E-state index is 5.66. The topological polar surface area (TPSA) is 103 Å². The highest BCUT2D eigenvalue weighted by atomic mass is 16.5. The number of rotatable bonds is 8. The Hall–Kier alpha value is -3.98. The number of pyridine rings is 2. The SMILES string of the molecule is COC1=C(OC)C(OC)C(C)C(Nc2nccc(Nc3cccnc3-c3ccccn3)n2)=C1. The van der Waals surface area contributed by atoms with Crippen LogP contribution < -0.4 is 10.6 Å². The van der Waals surface area contributed by atoms with Crippen LogP contribution in [0, 0.1) is 5.92 Å². The molecule has 4 rings (SSSR count). The molecule has 3 heterocycles. The third-order valence-corrected chi connectivity index (χ3v) is 5.32. The molecule has 33 heavy (non-hydrogen) atoms. The lowest BCUT2D eigenvalue weighted by molar-refractivity contribution is 0.0400. The lowest BCUT2D eigenvalue weighted by atomic mass is 9.93. The number of allylic oxidation sites excluding steroid dienone is 1. The van der Waals surface area contributed by atoms with Crippen molar-refractivity contribution in [2.45, 2.75) is 13.0 Å². The standard InChI is InChI=1S/C24H26N6O3/c1-15-18(14-19(31-2)23(33-4)22(15)32-3)29-24-27-13-10-20(30-24)28-17-9-7-12-26-21(17)16-8-5-6-11-25-16/h5-15,22H,1-4H3,(H2,27,28,29,30). The van der Waals surface area contributed by atoms with Gasteiger partial charge in [0.25, 0.3) is 0 Å². The smallest absolute Gasteiger partial charge is 0.228 e. The van der Waals surface area contributed by atoms with Gasteiger partial charge in [-0.15, -0.1) is 0 Å². The largest absolute Gasteiger partial charge is 0.494 e. The van der Waals surface area contributed by atoms with E-state index in [2.05, 4.69) is 30.6 Å².